The van der Waals surface area contributed by atoms with Crippen LogP contribution >= 0.6 is 27.5 Å². The van der Waals surface area contributed by atoms with Gasteiger partial charge >= 0.3 is 0 Å². The maximum Gasteiger partial charge on any atom is 0.0991 e. The Morgan fingerprint density at radius 2 is 1.10 bits per heavy atom. The smallest absolute Gasteiger partial charge is 0.0991 e. The Balaban J connectivity index is 1.64. The van der Waals surface area contributed by atoms with Gasteiger partial charge in [-0.2, -0.15) is 10.5 Å². The van der Waals surface area contributed by atoms with E-state index in [1.54, 1.807) is 0 Å². The Bertz CT molecular complexity index is 2380. The summed E-state index contributed by atoms with van der Waals surface area (Å²) in [4.78, 5) is 0. The minimum Gasteiger partial charge on any atom is -0.192 e. The molecule has 1 aliphatic rings. The lowest BCUT2D eigenvalue weighted by Crippen LogP contribution is -1.94. The Kier molecular flexibility index (Phi) is 5.50. The minimum atomic E-state index is 0.617. The lowest BCUT2D eigenvalue weighted by molar-refractivity contribution is 1.48. The van der Waals surface area contributed by atoms with Gasteiger partial charge < -0.3 is 0 Å². The number of halogens is 2. The Hall–Kier alpha value is -4.93. The quantitative estimate of drug-likeness (QED) is 0.181. The van der Waals surface area contributed by atoms with Crippen LogP contribution in [0.4, 0.5) is 0 Å². The van der Waals surface area contributed by atoms with Crippen molar-refractivity contribution in [2.24, 2.45) is 0 Å². The van der Waals surface area contributed by atoms with Crippen molar-refractivity contribution in [1.82, 2.24) is 0 Å². The molecule has 0 radical (unpaired) electrons. The van der Waals surface area contributed by atoms with Crippen LogP contribution in [0, 0.1) is 22.7 Å². The predicted molar refractivity (Wildman–Crippen MR) is 176 cm³/mol. The van der Waals surface area contributed by atoms with E-state index < -0.39 is 0 Å². The highest BCUT2D eigenvalue weighted by Crippen LogP contribution is 2.59. The summed E-state index contributed by atoms with van der Waals surface area (Å²) in [7, 11) is 0. The number of nitrogens with zero attached hydrogens (tertiary/aromatic N) is 2. The molecule has 8 rings (SSSR count). The Morgan fingerprint density at radius 3 is 1.74 bits per heavy atom. The third-order valence-corrected chi connectivity index (χ3v) is 9.57. The van der Waals surface area contributed by atoms with E-state index in [-0.39, 0.29) is 0 Å². The van der Waals surface area contributed by atoms with Gasteiger partial charge in [0.2, 0.25) is 0 Å². The molecule has 7 aromatic carbocycles. The standard InChI is InChI=1S/C38H18BrClN2/c39-32-17-29-30(18-33(32)40)35(24-14-10-22(20-42)11-15-24)37-28-7-3-6-27-26-5-2-1-4-25(26)16-31(36(27)28)38(37)34(29)23-12-8-21(19-41)9-13-23/h1-18H. The maximum absolute atomic E-state index is 9.52. The summed E-state index contributed by atoms with van der Waals surface area (Å²) in [5, 5.41) is 26.6. The van der Waals surface area contributed by atoms with E-state index >= 15 is 0 Å². The highest BCUT2D eigenvalue weighted by atomic mass is 79.9. The summed E-state index contributed by atoms with van der Waals surface area (Å²) in [6.45, 7) is 0. The van der Waals surface area contributed by atoms with Crippen LogP contribution < -0.4 is 0 Å². The molecule has 194 valence electrons. The van der Waals surface area contributed by atoms with Crippen LogP contribution in [0.2, 0.25) is 5.02 Å². The Morgan fingerprint density at radius 1 is 0.524 bits per heavy atom. The molecule has 0 heterocycles. The highest BCUT2D eigenvalue weighted by molar-refractivity contribution is 9.10. The summed E-state index contributed by atoms with van der Waals surface area (Å²) in [5.74, 6) is 0. The van der Waals surface area contributed by atoms with Crippen LogP contribution in [-0.4, -0.2) is 0 Å². The number of hydrogen-bond acceptors (Lipinski definition) is 2. The molecule has 0 saturated carbocycles. The number of hydrogen-bond donors (Lipinski definition) is 0. The first-order chi connectivity index (χ1) is 20.6. The fourth-order valence-electron chi connectivity index (χ4n) is 6.61. The molecule has 7 aromatic rings. The predicted octanol–water partition coefficient (Wildman–Crippen LogP) is 11.3. The molecule has 42 heavy (non-hydrogen) atoms. The fourth-order valence-corrected chi connectivity index (χ4v) is 7.12. The fraction of sp³-hybridized carbons (Fsp3) is 0. The number of rotatable bonds is 2. The SMILES string of the molecule is N#Cc1ccc(-c2c3c(c(-c4ccc(C#N)cc4)c4cc(Br)c(Cl)cc24)-c2cc4ccccc4c4cccc-3c24)cc1. The van der Waals surface area contributed by atoms with E-state index in [0.717, 1.165) is 48.6 Å². The minimum absolute atomic E-state index is 0.617. The summed E-state index contributed by atoms with van der Waals surface area (Å²) in [6.07, 6.45) is 0. The van der Waals surface area contributed by atoms with Crippen LogP contribution in [0.5, 0.6) is 0 Å². The van der Waals surface area contributed by atoms with Crippen molar-refractivity contribution in [1.29, 1.82) is 10.5 Å². The maximum atomic E-state index is 9.52. The second kappa shape index (κ2) is 9.30. The van der Waals surface area contributed by atoms with Crippen LogP contribution in [-0.2, 0) is 0 Å². The molecule has 0 unspecified atom stereocenters. The average molecular weight is 618 g/mol. The zero-order valence-corrected chi connectivity index (χ0v) is 24.4. The van der Waals surface area contributed by atoms with Crippen molar-refractivity contribution >= 4 is 59.8 Å². The van der Waals surface area contributed by atoms with Crippen molar-refractivity contribution in [3.63, 3.8) is 0 Å². The molecule has 0 N–H and O–H groups in total. The van der Waals surface area contributed by atoms with Gasteiger partial charge in [-0.1, -0.05) is 78.3 Å². The monoisotopic (exact) mass is 616 g/mol. The lowest BCUT2D eigenvalue weighted by Gasteiger charge is -2.21. The summed E-state index contributed by atoms with van der Waals surface area (Å²) in [5.41, 5.74) is 10.2. The number of benzene rings is 7. The normalized spacial score (nSPS) is 11.5. The first-order valence-electron chi connectivity index (χ1n) is 13.5. The van der Waals surface area contributed by atoms with Gasteiger partial charge in [0.25, 0.3) is 0 Å². The van der Waals surface area contributed by atoms with Gasteiger partial charge in [-0.3, -0.25) is 0 Å². The average Bonchev–Trinajstić information content (AvgIpc) is 3.35. The third-order valence-electron chi connectivity index (χ3n) is 8.38. The van der Waals surface area contributed by atoms with Gasteiger partial charge in [-0.15, -0.1) is 0 Å². The van der Waals surface area contributed by atoms with Gasteiger partial charge in [0.15, 0.2) is 0 Å². The first kappa shape index (κ1) is 24.8. The topological polar surface area (TPSA) is 47.6 Å². The molecule has 0 saturated heterocycles. The van der Waals surface area contributed by atoms with Crippen molar-refractivity contribution in [2.45, 2.75) is 0 Å². The molecule has 0 bridgehead atoms. The van der Waals surface area contributed by atoms with Crippen molar-refractivity contribution in [3.8, 4) is 56.6 Å². The van der Waals surface area contributed by atoms with E-state index in [9.17, 15) is 10.5 Å². The van der Waals surface area contributed by atoms with Crippen LogP contribution in [0.15, 0.2) is 114 Å². The summed E-state index contributed by atoms with van der Waals surface area (Å²) in [6, 6.07) is 41.8. The van der Waals surface area contributed by atoms with Crippen LogP contribution in [0.1, 0.15) is 11.1 Å². The van der Waals surface area contributed by atoms with E-state index in [4.69, 9.17) is 11.6 Å². The Labute approximate surface area is 255 Å². The molecule has 0 spiro atoms. The van der Waals surface area contributed by atoms with Gasteiger partial charge in [-0.05, 0) is 135 Å². The summed E-state index contributed by atoms with van der Waals surface area (Å²) < 4.78 is 0.816. The second-order valence-corrected chi connectivity index (χ2v) is 11.8. The molecular formula is C38H18BrClN2. The van der Waals surface area contributed by atoms with Crippen LogP contribution in [0.25, 0.3) is 76.8 Å². The van der Waals surface area contributed by atoms with Crippen molar-refractivity contribution in [2.75, 3.05) is 0 Å². The van der Waals surface area contributed by atoms with E-state index in [1.807, 2.05) is 54.6 Å². The zero-order chi connectivity index (χ0) is 28.5. The zero-order valence-electron chi connectivity index (χ0n) is 22.0. The number of nitriles is 2. The molecular weight excluding hydrogens is 600 g/mol. The molecule has 0 amide bonds. The second-order valence-electron chi connectivity index (χ2n) is 10.6. The van der Waals surface area contributed by atoms with Gasteiger partial charge in [0.05, 0.1) is 28.3 Å². The van der Waals surface area contributed by atoms with E-state index in [1.165, 1.54) is 32.7 Å². The van der Waals surface area contributed by atoms with Gasteiger partial charge in [0.1, 0.15) is 0 Å². The molecule has 1 aliphatic carbocycles. The molecule has 0 aliphatic heterocycles. The highest BCUT2D eigenvalue weighted by Gasteiger charge is 2.31. The van der Waals surface area contributed by atoms with E-state index in [2.05, 4.69) is 82.7 Å². The summed E-state index contributed by atoms with van der Waals surface area (Å²) >= 11 is 10.5. The molecule has 4 heteroatoms. The number of fused-ring (bicyclic) bond motifs is 6. The van der Waals surface area contributed by atoms with Gasteiger partial charge in [0, 0.05) is 4.47 Å². The molecule has 0 atom stereocenters. The van der Waals surface area contributed by atoms with Crippen LogP contribution in [0.3, 0.4) is 0 Å². The van der Waals surface area contributed by atoms with Crippen molar-refractivity contribution in [3.05, 3.63) is 130 Å². The third kappa shape index (κ3) is 3.49. The molecule has 2 nitrogen and oxygen atoms in total. The van der Waals surface area contributed by atoms with Crippen molar-refractivity contribution < 1.29 is 0 Å². The molecule has 0 aromatic heterocycles. The van der Waals surface area contributed by atoms with Gasteiger partial charge in [-0.25, -0.2) is 0 Å². The lowest BCUT2D eigenvalue weighted by atomic mass is 9.82. The first-order valence-corrected chi connectivity index (χ1v) is 14.7. The van der Waals surface area contributed by atoms with E-state index in [0.29, 0.717) is 16.1 Å². The largest absolute Gasteiger partial charge is 0.192 e. The molecule has 0 fully saturated rings.